The summed E-state index contributed by atoms with van der Waals surface area (Å²) in [6.07, 6.45) is -1.15. The Morgan fingerprint density at radius 1 is 0.913 bits per heavy atom. The fraction of sp³-hybridized carbons (Fsp3) is 0.150. The summed E-state index contributed by atoms with van der Waals surface area (Å²) in [6, 6.07) is 20.7. The predicted molar refractivity (Wildman–Crippen MR) is 94.0 cm³/mol. The van der Waals surface area contributed by atoms with Gasteiger partial charge in [-0.1, -0.05) is 36.4 Å². The van der Waals surface area contributed by atoms with Gasteiger partial charge in [0, 0.05) is 25.3 Å². The molecule has 0 amide bonds. The molecule has 3 nitrogen and oxygen atoms in total. The third-order valence-corrected chi connectivity index (χ3v) is 4.01. The summed E-state index contributed by atoms with van der Waals surface area (Å²) in [5.74, 6) is -0.286. The summed E-state index contributed by atoms with van der Waals surface area (Å²) in [5.41, 5.74) is 2.14. The number of benzene rings is 3. The summed E-state index contributed by atoms with van der Waals surface area (Å²) in [4.78, 5) is 14.5. The van der Waals surface area contributed by atoms with Crippen LogP contribution in [0.1, 0.15) is 22.0 Å². The van der Waals surface area contributed by atoms with Gasteiger partial charge in [0.25, 0.3) is 0 Å². The number of aliphatic hydroxyl groups excluding tert-OH is 1. The van der Waals surface area contributed by atoms with Crippen molar-refractivity contribution in [3.63, 3.8) is 0 Å². The molecule has 0 aliphatic heterocycles. The Bertz CT molecular complexity index is 838. The second-order valence-corrected chi connectivity index (χ2v) is 5.81. The number of ketones is 1. The highest BCUT2D eigenvalue weighted by atomic mass is 16.3. The largest absolute Gasteiger partial charge is 0.380 e. The number of rotatable bonds is 4. The summed E-state index contributed by atoms with van der Waals surface area (Å²) in [7, 11) is 3.89. The van der Waals surface area contributed by atoms with Crippen LogP contribution in [0.2, 0.25) is 0 Å². The number of Topliss-reactive ketones (excluding diaryl/α,β-unsaturated/α-hetero) is 1. The molecule has 1 unspecified atom stereocenters. The second-order valence-electron chi connectivity index (χ2n) is 5.81. The Morgan fingerprint density at radius 3 is 2.22 bits per heavy atom. The first-order chi connectivity index (χ1) is 11.1. The van der Waals surface area contributed by atoms with Crippen molar-refractivity contribution < 1.29 is 9.90 Å². The maximum absolute atomic E-state index is 12.5. The minimum absolute atomic E-state index is 0.286. The van der Waals surface area contributed by atoms with Gasteiger partial charge in [0.2, 0.25) is 0 Å². The van der Waals surface area contributed by atoms with Crippen LogP contribution in [0.25, 0.3) is 10.8 Å². The van der Waals surface area contributed by atoms with Gasteiger partial charge in [0.05, 0.1) is 0 Å². The van der Waals surface area contributed by atoms with Crippen molar-refractivity contribution in [1.29, 1.82) is 0 Å². The summed E-state index contributed by atoms with van der Waals surface area (Å²) < 4.78 is 0. The molecule has 3 heteroatoms. The Labute approximate surface area is 135 Å². The van der Waals surface area contributed by atoms with Gasteiger partial charge < -0.3 is 10.0 Å². The third kappa shape index (κ3) is 3.10. The zero-order chi connectivity index (χ0) is 16.4. The molecule has 23 heavy (non-hydrogen) atoms. The average molecular weight is 305 g/mol. The van der Waals surface area contributed by atoms with E-state index in [1.54, 1.807) is 18.2 Å². The Hall–Kier alpha value is -2.65. The molecule has 1 N–H and O–H groups in total. The number of fused-ring (bicyclic) bond motifs is 1. The molecule has 0 saturated heterocycles. The summed E-state index contributed by atoms with van der Waals surface area (Å²) in [6.45, 7) is 0. The van der Waals surface area contributed by atoms with Crippen LogP contribution < -0.4 is 4.90 Å². The number of aliphatic hydroxyl groups is 1. The lowest BCUT2D eigenvalue weighted by molar-refractivity contribution is 0.0748. The smallest absolute Gasteiger partial charge is 0.195 e. The molecule has 1 atom stereocenters. The predicted octanol–water partition coefficient (Wildman–Crippen LogP) is 3.82. The fourth-order valence-corrected chi connectivity index (χ4v) is 2.61. The molecule has 0 fully saturated rings. The monoisotopic (exact) mass is 305 g/mol. The van der Waals surface area contributed by atoms with Gasteiger partial charge in [-0.2, -0.15) is 0 Å². The molecule has 3 aromatic carbocycles. The van der Waals surface area contributed by atoms with Crippen molar-refractivity contribution >= 4 is 22.2 Å². The van der Waals surface area contributed by atoms with Gasteiger partial charge in [-0.05, 0) is 46.7 Å². The van der Waals surface area contributed by atoms with E-state index in [1.807, 2.05) is 67.5 Å². The first-order valence-electron chi connectivity index (χ1n) is 7.54. The van der Waals surface area contributed by atoms with Gasteiger partial charge in [0.15, 0.2) is 5.78 Å². The minimum Gasteiger partial charge on any atom is -0.380 e. The van der Waals surface area contributed by atoms with Crippen LogP contribution in [0.15, 0.2) is 66.7 Å². The SMILES string of the molecule is CN(C)c1ccc(C(=O)C(O)c2ccc3ccccc3c2)cc1. The van der Waals surface area contributed by atoms with Gasteiger partial charge in [-0.25, -0.2) is 0 Å². The van der Waals surface area contributed by atoms with E-state index in [0.717, 1.165) is 16.5 Å². The Balaban J connectivity index is 1.88. The third-order valence-electron chi connectivity index (χ3n) is 4.01. The molecule has 0 bridgehead atoms. The molecule has 0 aromatic heterocycles. The number of anilines is 1. The van der Waals surface area contributed by atoms with Crippen LogP contribution in [0.4, 0.5) is 5.69 Å². The number of carbonyl (C=O) groups excluding carboxylic acids is 1. The fourth-order valence-electron chi connectivity index (χ4n) is 2.61. The van der Waals surface area contributed by atoms with Crippen LogP contribution in [-0.2, 0) is 0 Å². The van der Waals surface area contributed by atoms with Crippen LogP contribution in [0.3, 0.4) is 0 Å². The number of nitrogens with zero attached hydrogens (tertiary/aromatic N) is 1. The topological polar surface area (TPSA) is 40.5 Å². The highest BCUT2D eigenvalue weighted by Gasteiger charge is 2.19. The van der Waals surface area contributed by atoms with E-state index in [1.165, 1.54) is 0 Å². The van der Waals surface area contributed by atoms with Crippen LogP contribution in [0.5, 0.6) is 0 Å². The lowest BCUT2D eigenvalue weighted by Gasteiger charge is -2.14. The molecule has 3 aromatic rings. The zero-order valence-corrected chi connectivity index (χ0v) is 13.2. The van der Waals surface area contributed by atoms with E-state index < -0.39 is 6.10 Å². The molecule has 0 saturated carbocycles. The van der Waals surface area contributed by atoms with Crippen molar-refractivity contribution in [2.45, 2.75) is 6.10 Å². The molecule has 0 spiro atoms. The summed E-state index contributed by atoms with van der Waals surface area (Å²) >= 11 is 0. The van der Waals surface area contributed by atoms with Gasteiger partial charge >= 0.3 is 0 Å². The molecule has 0 aliphatic rings. The van der Waals surface area contributed by atoms with Crippen LogP contribution in [0, 0.1) is 0 Å². The number of hydrogen-bond acceptors (Lipinski definition) is 3. The highest BCUT2D eigenvalue weighted by Crippen LogP contribution is 2.24. The van der Waals surface area contributed by atoms with Crippen LogP contribution in [-0.4, -0.2) is 25.0 Å². The van der Waals surface area contributed by atoms with Gasteiger partial charge in [0.1, 0.15) is 6.10 Å². The van der Waals surface area contributed by atoms with Crippen molar-refractivity contribution in [2.24, 2.45) is 0 Å². The van der Waals surface area contributed by atoms with Crippen molar-refractivity contribution in [2.75, 3.05) is 19.0 Å². The second kappa shape index (κ2) is 6.23. The van der Waals surface area contributed by atoms with E-state index >= 15 is 0 Å². The lowest BCUT2D eigenvalue weighted by atomic mass is 9.97. The minimum atomic E-state index is -1.15. The van der Waals surface area contributed by atoms with E-state index in [9.17, 15) is 9.90 Å². The first-order valence-corrected chi connectivity index (χ1v) is 7.54. The molecule has 3 rings (SSSR count). The Kier molecular flexibility index (Phi) is 4.13. The Morgan fingerprint density at radius 2 is 1.57 bits per heavy atom. The normalized spacial score (nSPS) is 12.1. The maximum Gasteiger partial charge on any atom is 0.195 e. The number of hydrogen-bond donors (Lipinski definition) is 1. The van der Waals surface area contributed by atoms with Gasteiger partial charge in [-0.15, -0.1) is 0 Å². The van der Waals surface area contributed by atoms with Crippen LogP contribution >= 0.6 is 0 Å². The average Bonchev–Trinajstić information content (AvgIpc) is 2.60. The summed E-state index contributed by atoms with van der Waals surface area (Å²) in [5, 5.41) is 12.5. The molecule has 0 radical (unpaired) electrons. The first kappa shape index (κ1) is 15.3. The molecule has 0 heterocycles. The van der Waals surface area contributed by atoms with Crippen molar-refractivity contribution in [3.05, 3.63) is 77.9 Å². The maximum atomic E-state index is 12.5. The van der Waals surface area contributed by atoms with Gasteiger partial charge in [-0.3, -0.25) is 4.79 Å². The van der Waals surface area contributed by atoms with E-state index in [-0.39, 0.29) is 5.78 Å². The standard InChI is InChI=1S/C20H19NO2/c1-21(2)18-11-9-15(10-12-18)19(22)20(23)17-8-7-14-5-3-4-6-16(14)13-17/h3-13,20,23H,1-2H3. The molecular formula is C20H19NO2. The highest BCUT2D eigenvalue weighted by molar-refractivity contribution is 6.00. The van der Waals surface area contributed by atoms with Crippen molar-refractivity contribution in [1.82, 2.24) is 0 Å². The molecule has 116 valence electrons. The molecule has 0 aliphatic carbocycles. The van der Waals surface area contributed by atoms with Crippen molar-refractivity contribution in [3.8, 4) is 0 Å². The van der Waals surface area contributed by atoms with E-state index in [4.69, 9.17) is 0 Å². The van der Waals surface area contributed by atoms with E-state index in [0.29, 0.717) is 11.1 Å². The molecular weight excluding hydrogens is 286 g/mol. The quantitative estimate of drug-likeness (QED) is 0.745. The lowest BCUT2D eigenvalue weighted by Crippen LogP contribution is -2.13. The number of carbonyl (C=O) groups is 1. The zero-order valence-electron chi connectivity index (χ0n) is 13.2. The van der Waals surface area contributed by atoms with E-state index in [2.05, 4.69) is 0 Å².